The summed E-state index contributed by atoms with van der Waals surface area (Å²) in [5.74, 6) is -0.803. The highest BCUT2D eigenvalue weighted by Crippen LogP contribution is 2.23. The van der Waals surface area contributed by atoms with Gasteiger partial charge in [-0.15, -0.1) is 0 Å². The van der Waals surface area contributed by atoms with Crippen molar-refractivity contribution < 1.29 is 14.3 Å². The van der Waals surface area contributed by atoms with E-state index in [1.54, 1.807) is 25.1 Å². The van der Waals surface area contributed by atoms with E-state index in [0.29, 0.717) is 5.56 Å². The maximum atomic E-state index is 13.2. The van der Waals surface area contributed by atoms with Crippen LogP contribution in [0.5, 0.6) is 0 Å². The molecule has 1 fully saturated rings. The Morgan fingerprint density at radius 1 is 1.09 bits per heavy atom. The van der Waals surface area contributed by atoms with Crippen LogP contribution in [0.1, 0.15) is 33.3 Å². The van der Waals surface area contributed by atoms with Gasteiger partial charge in [-0.1, -0.05) is 28.1 Å². The van der Waals surface area contributed by atoms with Crippen LogP contribution in [0.3, 0.4) is 0 Å². The number of aromatic nitrogens is 2. The fourth-order valence-corrected chi connectivity index (χ4v) is 4.09. The molecule has 0 atom stereocenters. The van der Waals surface area contributed by atoms with Crippen molar-refractivity contribution in [2.75, 3.05) is 50.1 Å². The Labute approximate surface area is 207 Å². The Kier molecular flexibility index (Phi) is 7.54. The lowest BCUT2D eigenvalue weighted by molar-refractivity contribution is 0.0522. The van der Waals surface area contributed by atoms with Gasteiger partial charge in [0.1, 0.15) is 11.3 Å². The van der Waals surface area contributed by atoms with Crippen molar-refractivity contribution in [3.63, 3.8) is 0 Å². The zero-order chi connectivity index (χ0) is 24.1. The lowest BCUT2D eigenvalue weighted by atomic mass is 10.0. The molecule has 0 aliphatic carbocycles. The molecule has 0 amide bonds. The number of carbonyl (C=O) groups is 2. The molecule has 2 heterocycles. The number of halogens is 1. The molecule has 4 rings (SSSR count). The van der Waals surface area contributed by atoms with Crippen molar-refractivity contribution >= 4 is 45.0 Å². The predicted molar refractivity (Wildman–Crippen MR) is 135 cm³/mol. The van der Waals surface area contributed by atoms with E-state index in [9.17, 15) is 9.59 Å². The number of nitrogens with zero attached hydrogens (tertiary/aromatic N) is 4. The first kappa shape index (κ1) is 23.8. The molecular weight excluding hydrogens is 498 g/mol. The molecule has 2 aromatic carbocycles. The van der Waals surface area contributed by atoms with Gasteiger partial charge in [-0.3, -0.25) is 4.79 Å². The van der Waals surface area contributed by atoms with Gasteiger partial charge < -0.3 is 19.9 Å². The highest BCUT2D eigenvalue weighted by Gasteiger charge is 2.23. The zero-order valence-electron chi connectivity index (χ0n) is 19.1. The molecule has 9 heteroatoms. The first-order chi connectivity index (χ1) is 16.4. The molecule has 176 valence electrons. The molecule has 1 saturated heterocycles. The normalized spacial score (nSPS) is 14.0. The summed E-state index contributed by atoms with van der Waals surface area (Å²) in [7, 11) is 2.13. The second-order valence-corrected chi connectivity index (χ2v) is 8.89. The minimum Gasteiger partial charge on any atom is -0.462 e. The topological polar surface area (TPSA) is 87.7 Å². The minimum atomic E-state index is -0.635. The summed E-state index contributed by atoms with van der Waals surface area (Å²) in [5, 5.41) is 3.13. The number of esters is 1. The first-order valence-electron chi connectivity index (χ1n) is 11.1. The molecule has 1 aliphatic rings. The van der Waals surface area contributed by atoms with Crippen molar-refractivity contribution in [1.82, 2.24) is 14.9 Å². The number of nitrogens with one attached hydrogen (secondary N) is 1. The smallest absolute Gasteiger partial charge is 0.342 e. The van der Waals surface area contributed by atoms with Crippen LogP contribution in [0.15, 0.2) is 59.2 Å². The number of hydrogen-bond donors (Lipinski definition) is 1. The van der Waals surface area contributed by atoms with E-state index in [0.717, 1.165) is 42.0 Å². The van der Waals surface area contributed by atoms with Crippen LogP contribution in [-0.4, -0.2) is 66.5 Å². The Balaban J connectivity index is 1.58. The standard InChI is InChI=1S/C25H26BrN5O3/c1-3-34-24(33)21-16-27-25(29-22(21)23(32)17-5-4-6-18(26)15-17)28-19-7-9-20(10-8-19)31-13-11-30(2)12-14-31/h4-10,15-16H,3,11-14H2,1-2H3,(H,27,28,29). The summed E-state index contributed by atoms with van der Waals surface area (Å²) in [4.78, 5) is 39.0. The van der Waals surface area contributed by atoms with Gasteiger partial charge in [0.2, 0.25) is 11.7 Å². The van der Waals surface area contributed by atoms with Crippen molar-refractivity contribution in [2.24, 2.45) is 0 Å². The first-order valence-corrected chi connectivity index (χ1v) is 11.9. The maximum Gasteiger partial charge on any atom is 0.342 e. The number of carbonyl (C=O) groups excluding carboxylic acids is 2. The van der Waals surface area contributed by atoms with Gasteiger partial charge in [0.25, 0.3) is 0 Å². The van der Waals surface area contributed by atoms with Gasteiger partial charge in [-0.2, -0.15) is 0 Å². The van der Waals surface area contributed by atoms with Crippen molar-refractivity contribution in [3.8, 4) is 0 Å². The van der Waals surface area contributed by atoms with Gasteiger partial charge in [-0.05, 0) is 50.4 Å². The summed E-state index contributed by atoms with van der Waals surface area (Å²) in [6.07, 6.45) is 1.33. The third-order valence-electron chi connectivity index (χ3n) is 5.58. The molecule has 34 heavy (non-hydrogen) atoms. The van der Waals surface area contributed by atoms with E-state index >= 15 is 0 Å². The molecule has 1 N–H and O–H groups in total. The van der Waals surface area contributed by atoms with Crippen LogP contribution >= 0.6 is 15.9 Å². The number of hydrogen-bond acceptors (Lipinski definition) is 8. The van der Waals surface area contributed by atoms with Crippen LogP contribution in [0.4, 0.5) is 17.3 Å². The van der Waals surface area contributed by atoms with Crippen LogP contribution in [0, 0.1) is 0 Å². The van der Waals surface area contributed by atoms with Gasteiger partial charge in [0.05, 0.1) is 6.61 Å². The number of rotatable bonds is 7. The Bertz CT molecular complexity index is 1180. The summed E-state index contributed by atoms with van der Waals surface area (Å²) in [6, 6.07) is 14.9. The maximum absolute atomic E-state index is 13.2. The second-order valence-electron chi connectivity index (χ2n) is 7.98. The number of likely N-dealkylation sites (N-methyl/N-ethyl adjacent to an activating group) is 1. The van der Waals surface area contributed by atoms with Crippen LogP contribution in [0.2, 0.25) is 0 Å². The van der Waals surface area contributed by atoms with Crippen LogP contribution in [-0.2, 0) is 4.74 Å². The van der Waals surface area contributed by atoms with Gasteiger partial charge in [-0.25, -0.2) is 14.8 Å². The average molecular weight is 524 g/mol. The molecule has 1 aromatic heterocycles. The number of ketones is 1. The lowest BCUT2D eigenvalue weighted by Crippen LogP contribution is -2.44. The lowest BCUT2D eigenvalue weighted by Gasteiger charge is -2.34. The average Bonchev–Trinajstić information content (AvgIpc) is 2.85. The Hall–Kier alpha value is -3.30. The van der Waals surface area contributed by atoms with Gasteiger partial charge in [0.15, 0.2) is 0 Å². The quantitative estimate of drug-likeness (QED) is 0.365. The van der Waals surface area contributed by atoms with E-state index in [2.05, 4.69) is 48.1 Å². The molecule has 0 bridgehead atoms. The van der Waals surface area contributed by atoms with E-state index in [-0.39, 0.29) is 29.6 Å². The van der Waals surface area contributed by atoms with E-state index in [1.807, 2.05) is 30.3 Å². The van der Waals surface area contributed by atoms with E-state index < -0.39 is 5.97 Å². The van der Waals surface area contributed by atoms with Crippen LogP contribution in [0.25, 0.3) is 0 Å². The van der Waals surface area contributed by atoms with Crippen LogP contribution < -0.4 is 10.2 Å². The highest BCUT2D eigenvalue weighted by atomic mass is 79.9. The Morgan fingerprint density at radius 2 is 1.82 bits per heavy atom. The number of benzene rings is 2. The second kappa shape index (κ2) is 10.8. The number of ether oxygens (including phenoxy) is 1. The molecule has 0 radical (unpaired) electrons. The number of piperazine rings is 1. The fourth-order valence-electron chi connectivity index (χ4n) is 3.69. The van der Waals surface area contributed by atoms with E-state index in [1.165, 1.54) is 6.20 Å². The van der Waals surface area contributed by atoms with Crippen molar-refractivity contribution in [1.29, 1.82) is 0 Å². The SMILES string of the molecule is CCOC(=O)c1cnc(Nc2ccc(N3CCN(C)CC3)cc2)nc1C(=O)c1cccc(Br)c1. The minimum absolute atomic E-state index is 0.0110. The monoisotopic (exact) mass is 523 g/mol. The molecule has 0 unspecified atom stereocenters. The van der Waals surface area contributed by atoms with Crippen molar-refractivity contribution in [2.45, 2.75) is 6.92 Å². The molecule has 0 saturated carbocycles. The van der Waals surface area contributed by atoms with Gasteiger partial charge >= 0.3 is 5.97 Å². The molecular formula is C25H26BrN5O3. The zero-order valence-corrected chi connectivity index (χ0v) is 20.7. The summed E-state index contributed by atoms with van der Waals surface area (Å²) >= 11 is 3.38. The molecule has 0 spiro atoms. The van der Waals surface area contributed by atoms with Crippen molar-refractivity contribution in [3.05, 3.63) is 76.0 Å². The number of anilines is 3. The summed E-state index contributed by atoms with van der Waals surface area (Å²) < 4.78 is 5.86. The third kappa shape index (κ3) is 5.60. The molecule has 3 aromatic rings. The van der Waals surface area contributed by atoms with Gasteiger partial charge in [0, 0.05) is 53.8 Å². The molecule has 1 aliphatic heterocycles. The predicted octanol–water partition coefficient (Wildman–Crippen LogP) is 4.14. The summed E-state index contributed by atoms with van der Waals surface area (Å²) in [5.41, 5.74) is 2.36. The molecule has 8 nitrogen and oxygen atoms in total. The Morgan fingerprint density at radius 3 is 2.50 bits per heavy atom. The summed E-state index contributed by atoms with van der Waals surface area (Å²) in [6.45, 7) is 5.94. The highest BCUT2D eigenvalue weighted by molar-refractivity contribution is 9.10. The fraction of sp³-hybridized carbons (Fsp3) is 0.280. The largest absolute Gasteiger partial charge is 0.462 e. The van der Waals surface area contributed by atoms with E-state index in [4.69, 9.17) is 4.74 Å². The third-order valence-corrected chi connectivity index (χ3v) is 6.07.